The molecule has 2 aromatic carbocycles. The van der Waals surface area contributed by atoms with E-state index in [0.29, 0.717) is 11.7 Å². The predicted molar refractivity (Wildman–Crippen MR) is 102 cm³/mol. The fourth-order valence-corrected chi connectivity index (χ4v) is 2.93. The second-order valence-electron chi connectivity index (χ2n) is 6.33. The molecule has 0 bridgehead atoms. The van der Waals surface area contributed by atoms with E-state index >= 15 is 0 Å². The van der Waals surface area contributed by atoms with E-state index in [4.69, 9.17) is 4.52 Å². The maximum atomic E-state index is 12.1. The zero-order valence-corrected chi connectivity index (χ0v) is 14.5. The number of aromatic amines is 1. The van der Waals surface area contributed by atoms with Crippen LogP contribution < -0.4 is 5.69 Å². The van der Waals surface area contributed by atoms with Crippen LogP contribution >= 0.6 is 0 Å². The monoisotopic (exact) mass is 346 g/mol. The van der Waals surface area contributed by atoms with Crippen LogP contribution in [0.5, 0.6) is 0 Å². The number of nitrogens with one attached hydrogen (secondary N) is 1. The summed E-state index contributed by atoms with van der Waals surface area (Å²) in [6, 6.07) is 15.6. The van der Waals surface area contributed by atoms with Crippen molar-refractivity contribution in [3.8, 4) is 11.4 Å². The maximum absolute atomic E-state index is 12.1. The molecule has 0 spiro atoms. The molecule has 0 amide bonds. The van der Waals surface area contributed by atoms with Crippen molar-refractivity contribution in [1.29, 1.82) is 0 Å². The van der Waals surface area contributed by atoms with Gasteiger partial charge in [-0.3, -0.25) is 4.57 Å². The molecule has 4 aromatic rings. The molecule has 6 heteroatoms. The van der Waals surface area contributed by atoms with Gasteiger partial charge in [-0.2, -0.15) is 4.98 Å². The third-order valence-electron chi connectivity index (χ3n) is 4.15. The Morgan fingerprint density at radius 3 is 2.69 bits per heavy atom. The Balaban J connectivity index is 1.65. The highest BCUT2D eigenvalue weighted by Gasteiger charge is 2.12. The lowest BCUT2D eigenvalue weighted by Crippen LogP contribution is -2.18. The van der Waals surface area contributed by atoms with Gasteiger partial charge in [0.1, 0.15) is 0 Å². The minimum Gasteiger partial charge on any atom is -0.334 e. The lowest BCUT2D eigenvalue weighted by Gasteiger charge is -2.06. The number of benzene rings is 2. The SMILES string of the molecule is CC(C)n1c(=O)[nH]c2cc(-c3noc(C=Cc4ccccc4)n3)ccc21. The summed E-state index contributed by atoms with van der Waals surface area (Å²) in [4.78, 5) is 19.4. The van der Waals surface area contributed by atoms with Crippen molar-refractivity contribution < 1.29 is 4.52 Å². The normalized spacial score (nSPS) is 11.8. The van der Waals surface area contributed by atoms with Gasteiger partial charge < -0.3 is 9.51 Å². The average Bonchev–Trinajstić information content (AvgIpc) is 3.23. The Labute approximate surface area is 149 Å². The molecule has 2 aromatic heterocycles. The van der Waals surface area contributed by atoms with Gasteiger partial charge >= 0.3 is 5.69 Å². The molecule has 0 fully saturated rings. The van der Waals surface area contributed by atoms with Crippen molar-refractivity contribution in [2.24, 2.45) is 0 Å². The highest BCUT2D eigenvalue weighted by atomic mass is 16.5. The van der Waals surface area contributed by atoms with Gasteiger partial charge in [-0.15, -0.1) is 0 Å². The maximum Gasteiger partial charge on any atom is 0.326 e. The predicted octanol–water partition coefficient (Wildman–Crippen LogP) is 4.13. The van der Waals surface area contributed by atoms with E-state index in [9.17, 15) is 4.79 Å². The fourth-order valence-electron chi connectivity index (χ4n) is 2.93. The molecule has 0 saturated heterocycles. The molecule has 26 heavy (non-hydrogen) atoms. The number of hydrogen-bond donors (Lipinski definition) is 1. The first kappa shape index (κ1) is 16.1. The van der Waals surface area contributed by atoms with E-state index in [1.165, 1.54) is 0 Å². The van der Waals surface area contributed by atoms with Crippen LogP contribution in [0.4, 0.5) is 0 Å². The molecule has 0 aliphatic carbocycles. The van der Waals surface area contributed by atoms with E-state index in [1.807, 2.05) is 68.5 Å². The molecular formula is C20H18N4O2. The standard InChI is InChI=1S/C20H18N4O2/c1-13(2)24-17-10-9-15(12-16(17)21-20(24)25)19-22-18(26-23-19)11-8-14-6-4-3-5-7-14/h3-13H,1-2H3,(H,21,25). The average molecular weight is 346 g/mol. The highest BCUT2D eigenvalue weighted by molar-refractivity contribution is 5.81. The molecule has 0 atom stereocenters. The molecule has 4 rings (SSSR count). The third kappa shape index (κ3) is 2.97. The van der Waals surface area contributed by atoms with Gasteiger partial charge in [-0.25, -0.2) is 4.79 Å². The van der Waals surface area contributed by atoms with Crippen molar-refractivity contribution in [3.63, 3.8) is 0 Å². The largest absolute Gasteiger partial charge is 0.334 e. The van der Waals surface area contributed by atoms with Crippen LogP contribution in [0.2, 0.25) is 0 Å². The zero-order chi connectivity index (χ0) is 18.1. The Hall–Kier alpha value is -3.41. The van der Waals surface area contributed by atoms with Crippen LogP contribution in [0.1, 0.15) is 31.3 Å². The second-order valence-corrected chi connectivity index (χ2v) is 6.33. The lowest BCUT2D eigenvalue weighted by molar-refractivity contribution is 0.411. The van der Waals surface area contributed by atoms with Crippen LogP contribution in [-0.4, -0.2) is 19.7 Å². The summed E-state index contributed by atoms with van der Waals surface area (Å²) < 4.78 is 7.02. The number of rotatable bonds is 4. The Kier molecular flexibility index (Phi) is 4.01. The first-order valence-electron chi connectivity index (χ1n) is 8.43. The summed E-state index contributed by atoms with van der Waals surface area (Å²) in [6.45, 7) is 3.96. The number of imidazole rings is 1. The van der Waals surface area contributed by atoms with Gasteiger partial charge in [0.15, 0.2) is 0 Å². The topological polar surface area (TPSA) is 76.7 Å². The highest BCUT2D eigenvalue weighted by Crippen LogP contribution is 2.22. The molecule has 130 valence electrons. The second kappa shape index (κ2) is 6.48. The Bertz CT molecular complexity index is 1130. The van der Waals surface area contributed by atoms with Crippen LogP contribution in [-0.2, 0) is 0 Å². The number of H-pyrrole nitrogens is 1. The van der Waals surface area contributed by atoms with E-state index in [1.54, 1.807) is 10.6 Å². The van der Waals surface area contributed by atoms with Gasteiger partial charge in [0, 0.05) is 17.7 Å². The van der Waals surface area contributed by atoms with Gasteiger partial charge in [0.05, 0.1) is 11.0 Å². The molecule has 6 nitrogen and oxygen atoms in total. The molecule has 0 unspecified atom stereocenters. The summed E-state index contributed by atoms with van der Waals surface area (Å²) in [7, 11) is 0. The Morgan fingerprint density at radius 1 is 1.12 bits per heavy atom. The van der Waals surface area contributed by atoms with Crippen LogP contribution in [0.25, 0.3) is 34.6 Å². The van der Waals surface area contributed by atoms with Crippen molar-refractivity contribution >= 4 is 23.2 Å². The van der Waals surface area contributed by atoms with Gasteiger partial charge in [0.25, 0.3) is 5.89 Å². The minimum absolute atomic E-state index is 0.0852. The summed E-state index contributed by atoms with van der Waals surface area (Å²) in [5, 5.41) is 4.03. The van der Waals surface area contributed by atoms with Gasteiger partial charge in [0.2, 0.25) is 5.82 Å². The van der Waals surface area contributed by atoms with E-state index < -0.39 is 0 Å². The van der Waals surface area contributed by atoms with Crippen LogP contribution in [0, 0.1) is 0 Å². The molecule has 1 N–H and O–H groups in total. The quantitative estimate of drug-likeness (QED) is 0.603. The fraction of sp³-hybridized carbons (Fsp3) is 0.150. The summed E-state index contributed by atoms with van der Waals surface area (Å²) in [5.74, 6) is 0.912. The van der Waals surface area contributed by atoms with Gasteiger partial charge in [-0.1, -0.05) is 35.5 Å². The number of aromatic nitrogens is 4. The van der Waals surface area contributed by atoms with E-state index in [2.05, 4.69) is 15.1 Å². The number of fused-ring (bicyclic) bond motifs is 1. The molecule has 2 heterocycles. The van der Waals surface area contributed by atoms with Crippen LogP contribution in [0.3, 0.4) is 0 Å². The minimum atomic E-state index is -0.119. The molecule has 0 aliphatic heterocycles. The number of nitrogens with zero attached hydrogens (tertiary/aromatic N) is 3. The summed E-state index contributed by atoms with van der Waals surface area (Å²) in [6.07, 6.45) is 3.70. The van der Waals surface area contributed by atoms with Crippen molar-refractivity contribution in [2.45, 2.75) is 19.9 Å². The third-order valence-corrected chi connectivity index (χ3v) is 4.15. The van der Waals surface area contributed by atoms with Gasteiger partial charge in [-0.05, 0) is 43.7 Å². The van der Waals surface area contributed by atoms with Crippen LogP contribution in [0.15, 0.2) is 57.8 Å². The van der Waals surface area contributed by atoms with Crippen molar-refractivity contribution in [3.05, 3.63) is 70.5 Å². The molecule has 0 aliphatic rings. The molecule has 0 radical (unpaired) electrons. The van der Waals surface area contributed by atoms with Crippen molar-refractivity contribution in [1.82, 2.24) is 19.7 Å². The Morgan fingerprint density at radius 2 is 1.92 bits per heavy atom. The summed E-state index contributed by atoms with van der Waals surface area (Å²) in [5.41, 5.74) is 3.35. The molecule has 0 saturated carbocycles. The van der Waals surface area contributed by atoms with E-state index in [0.717, 1.165) is 22.2 Å². The summed E-state index contributed by atoms with van der Waals surface area (Å²) >= 11 is 0. The first-order valence-corrected chi connectivity index (χ1v) is 8.43. The van der Waals surface area contributed by atoms with Crippen molar-refractivity contribution in [2.75, 3.05) is 0 Å². The van der Waals surface area contributed by atoms with E-state index in [-0.39, 0.29) is 11.7 Å². The molecular weight excluding hydrogens is 328 g/mol. The lowest BCUT2D eigenvalue weighted by atomic mass is 10.2. The smallest absolute Gasteiger partial charge is 0.326 e. The number of hydrogen-bond acceptors (Lipinski definition) is 4. The first-order chi connectivity index (χ1) is 12.6. The zero-order valence-electron chi connectivity index (χ0n) is 14.5.